The first-order valence-corrected chi connectivity index (χ1v) is 16.8. The highest BCUT2D eigenvalue weighted by atomic mass is 16.7. The van der Waals surface area contributed by atoms with Crippen LogP contribution in [-0.2, 0) is 20.3 Å². The Bertz CT molecular complexity index is 1530. The zero-order valence-corrected chi connectivity index (χ0v) is 28.6. The molecule has 1 aliphatic carbocycles. The number of hydrogen-bond acceptors (Lipinski definition) is 6. The molecule has 4 aromatic rings. The van der Waals surface area contributed by atoms with E-state index in [0.717, 1.165) is 48.3 Å². The van der Waals surface area contributed by atoms with E-state index in [1.165, 1.54) is 11.1 Å². The van der Waals surface area contributed by atoms with Gasteiger partial charge in [-0.2, -0.15) is 0 Å². The van der Waals surface area contributed by atoms with E-state index < -0.39 is 0 Å². The molecule has 0 bridgehead atoms. The maximum absolute atomic E-state index is 9.64. The summed E-state index contributed by atoms with van der Waals surface area (Å²) < 4.78 is 24.6. The minimum atomic E-state index is -0.341. The van der Waals surface area contributed by atoms with Crippen LogP contribution in [0.1, 0.15) is 89.5 Å². The first kappa shape index (κ1) is 34.3. The minimum Gasteiger partial charge on any atom is -0.508 e. The standard InChI is InChI=1S/C41H50O6/c1-28(45-38-23-13-33(14-24-38)40(3,4)31-9-17-35(42)18-10-31)44-27-30-7-21-37(22-8-30)46-29(2)47-39-25-15-34(16-26-39)41(5,6)32-11-19-36(43)20-12-32/h9-20,23-26,28-30,37,42-43H,7-8,21-22,27H2,1-6H3. The monoisotopic (exact) mass is 638 g/mol. The third-order valence-corrected chi connectivity index (χ3v) is 9.68. The molecule has 1 aliphatic rings. The SMILES string of the molecule is CC(OCC1CCC(OC(C)Oc2ccc(C(C)(C)c3ccc(O)cc3)cc2)CC1)Oc1ccc(C(C)(C)c2ccc(O)cc2)cc1. The van der Waals surface area contributed by atoms with Gasteiger partial charge in [-0.1, -0.05) is 76.2 Å². The lowest BCUT2D eigenvalue weighted by Gasteiger charge is -2.31. The van der Waals surface area contributed by atoms with Gasteiger partial charge in [0.15, 0.2) is 12.6 Å². The van der Waals surface area contributed by atoms with Crippen LogP contribution < -0.4 is 9.47 Å². The van der Waals surface area contributed by atoms with Crippen LogP contribution in [0.4, 0.5) is 0 Å². The van der Waals surface area contributed by atoms with Crippen molar-refractivity contribution in [2.75, 3.05) is 6.61 Å². The molecule has 2 unspecified atom stereocenters. The summed E-state index contributed by atoms with van der Waals surface area (Å²) in [6.45, 7) is 13.3. The van der Waals surface area contributed by atoms with Gasteiger partial charge in [-0.25, -0.2) is 0 Å². The van der Waals surface area contributed by atoms with Crippen LogP contribution in [0.2, 0.25) is 0 Å². The summed E-state index contributed by atoms with van der Waals surface area (Å²) in [7, 11) is 0. The van der Waals surface area contributed by atoms with Crippen LogP contribution in [-0.4, -0.2) is 35.5 Å². The van der Waals surface area contributed by atoms with Crippen LogP contribution in [0.5, 0.6) is 23.0 Å². The van der Waals surface area contributed by atoms with Gasteiger partial charge in [-0.05, 0) is 116 Å². The second kappa shape index (κ2) is 14.8. The van der Waals surface area contributed by atoms with Crippen molar-refractivity contribution in [1.82, 2.24) is 0 Å². The first-order valence-electron chi connectivity index (χ1n) is 16.8. The zero-order valence-electron chi connectivity index (χ0n) is 28.6. The summed E-state index contributed by atoms with van der Waals surface area (Å²) in [6, 6.07) is 31.2. The summed E-state index contributed by atoms with van der Waals surface area (Å²) in [5.74, 6) is 2.60. The van der Waals surface area contributed by atoms with Crippen molar-refractivity contribution in [3.8, 4) is 23.0 Å². The summed E-state index contributed by atoms with van der Waals surface area (Å²) in [6.07, 6.45) is 3.55. The van der Waals surface area contributed by atoms with E-state index in [1.807, 2.05) is 62.4 Å². The Morgan fingerprint density at radius 3 is 1.32 bits per heavy atom. The number of rotatable bonds is 13. The first-order chi connectivity index (χ1) is 22.4. The number of phenolic OH excluding ortho intramolecular Hbond substituents is 2. The maximum Gasteiger partial charge on any atom is 0.197 e. The Morgan fingerprint density at radius 2 is 0.915 bits per heavy atom. The average Bonchev–Trinajstić information content (AvgIpc) is 3.05. The second-order valence-electron chi connectivity index (χ2n) is 13.9. The third-order valence-electron chi connectivity index (χ3n) is 9.68. The van der Waals surface area contributed by atoms with E-state index >= 15 is 0 Å². The molecule has 0 saturated heterocycles. The Labute approximate surface area is 280 Å². The molecule has 47 heavy (non-hydrogen) atoms. The highest BCUT2D eigenvalue weighted by Crippen LogP contribution is 2.35. The van der Waals surface area contributed by atoms with Crippen LogP contribution in [0.15, 0.2) is 97.1 Å². The van der Waals surface area contributed by atoms with E-state index in [1.54, 1.807) is 24.3 Å². The molecule has 0 radical (unpaired) electrons. The molecule has 4 aromatic carbocycles. The van der Waals surface area contributed by atoms with Gasteiger partial charge in [0.05, 0.1) is 12.7 Å². The predicted molar refractivity (Wildman–Crippen MR) is 186 cm³/mol. The number of ether oxygens (including phenoxy) is 4. The molecule has 6 heteroatoms. The molecule has 0 spiro atoms. The molecule has 250 valence electrons. The number of phenols is 2. The molecule has 2 atom stereocenters. The van der Waals surface area contributed by atoms with Crippen LogP contribution in [0, 0.1) is 5.92 Å². The van der Waals surface area contributed by atoms with Gasteiger partial charge >= 0.3 is 0 Å². The van der Waals surface area contributed by atoms with Gasteiger partial charge in [-0.3, -0.25) is 0 Å². The number of hydrogen-bond donors (Lipinski definition) is 2. The summed E-state index contributed by atoms with van der Waals surface area (Å²) in [5.41, 5.74) is 4.24. The Balaban J connectivity index is 1.01. The Hall–Kier alpha value is -4.00. The summed E-state index contributed by atoms with van der Waals surface area (Å²) in [5, 5.41) is 19.3. The largest absolute Gasteiger partial charge is 0.508 e. The van der Waals surface area contributed by atoms with Gasteiger partial charge in [0.2, 0.25) is 0 Å². The van der Waals surface area contributed by atoms with E-state index in [2.05, 4.69) is 52.0 Å². The summed E-state index contributed by atoms with van der Waals surface area (Å²) >= 11 is 0. The molecule has 2 N–H and O–H groups in total. The Morgan fingerprint density at radius 1 is 0.553 bits per heavy atom. The third kappa shape index (κ3) is 8.88. The fourth-order valence-corrected chi connectivity index (χ4v) is 6.41. The highest BCUT2D eigenvalue weighted by Gasteiger charge is 2.26. The lowest BCUT2D eigenvalue weighted by molar-refractivity contribution is -0.127. The van der Waals surface area contributed by atoms with Crippen molar-refractivity contribution in [3.63, 3.8) is 0 Å². The fourth-order valence-electron chi connectivity index (χ4n) is 6.41. The quantitative estimate of drug-likeness (QED) is 0.142. The van der Waals surface area contributed by atoms with Crippen molar-refractivity contribution in [2.45, 2.75) is 96.7 Å². The molecular weight excluding hydrogens is 588 g/mol. The van der Waals surface area contributed by atoms with Gasteiger partial charge < -0.3 is 29.2 Å². The molecular formula is C41H50O6. The second-order valence-corrected chi connectivity index (χ2v) is 13.9. The average molecular weight is 639 g/mol. The van der Waals surface area contributed by atoms with E-state index in [4.69, 9.17) is 18.9 Å². The highest BCUT2D eigenvalue weighted by molar-refractivity contribution is 5.43. The lowest BCUT2D eigenvalue weighted by Crippen LogP contribution is -2.30. The molecule has 0 aromatic heterocycles. The van der Waals surface area contributed by atoms with Crippen molar-refractivity contribution in [1.29, 1.82) is 0 Å². The molecule has 0 amide bonds. The van der Waals surface area contributed by atoms with Crippen molar-refractivity contribution in [3.05, 3.63) is 119 Å². The van der Waals surface area contributed by atoms with E-state index in [9.17, 15) is 10.2 Å². The normalized spacial score (nSPS) is 18.3. The maximum atomic E-state index is 9.64. The molecule has 1 saturated carbocycles. The fraction of sp³-hybridized carbons (Fsp3) is 0.415. The van der Waals surface area contributed by atoms with Crippen molar-refractivity contribution in [2.24, 2.45) is 5.92 Å². The minimum absolute atomic E-state index is 0.173. The van der Waals surface area contributed by atoms with Gasteiger partial charge in [0, 0.05) is 10.8 Å². The van der Waals surface area contributed by atoms with Crippen molar-refractivity contribution < 1.29 is 29.2 Å². The molecule has 5 rings (SSSR count). The zero-order chi connectivity index (χ0) is 33.6. The lowest BCUT2D eigenvalue weighted by atomic mass is 9.78. The van der Waals surface area contributed by atoms with Gasteiger partial charge in [0.1, 0.15) is 23.0 Å². The van der Waals surface area contributed by atoms with E-state index in [0.29, 0.717) is 12.5 Å². The van der Waals surface area contributed by atoms with Crippen LogP contribution in [0.3, 0.4) is 0 Å². The molecule has 0 aliphatic heterocycles. The molecule has 1 fully saturated rings. The molecule has 6 nitrogen and oxygen atoms in total. The molecule has 0 heterocycles. The van der Waals surface area contributed by atoms with Gasteiger partial charge in [-0.15, -0.1) is 0 Å². The smallest absolute Gasteiger partial charge is 0.197 e. The topological polar surface area (TPSA) is 77.4 Å². The van der Waals surface area contributed by atoms with Crippen molar-refractivity contribution >= 4 is 0 Å². The number of aromatic hydroxyl groups is 2. The Kier molecular flexibility index (Phi) is 10.8. The van der Waals surface area contributed by atoms with E-state index in [-0.39, 0.29) is 41.0 Å². The van der Waals surface area contributed by atoms with Crippen LogP contribution in [0.25, 0.3) is 0 Å². The van der Waals surface area contributed by atoms with Gasteiger partial charge in [0.25, 0.3) is 0 Å². The number of benzene rings is 4. The van der Waals surface area contributed by atoms with Crippen LogP contribution >= 0.6 is 0 Å². The summed E-state index contributed by atoms with van der Waals surface area (Å²) in [4.78, 5) is 0. The predicted octanol–water partition coefficient (Wildman–Crippen LogP) is 9.49.